The smallest absolute Gasteiger partial charge is 0.220 e. The fraction of sp³-hybridized carbons (Fsp3) is 0.409. The first-order chi connectivity index (χ1) is 12.3. The molecule has 1 amide bonds. The molecule has 0 atom stereocenters. The van der Waals surface area contributed by atoms with Gasteiger partial charge in [-0.2, -0.15) is 0 Å². The van der Waals surface area contributed by atoms with Crippen LogP contribution in [0.4, 0.5) is 0 Å². The van der Waals surface area contributed by atoms with Crippen LogP contribution >= 0.6 is 0 Å². The van der Waals surface area contributed by atoms with Crippen molar-refractivity contribution in [1.29, 1.82) is 0 Å². The van der Waals surface area contributed by atoms with E-state index < -0.39 is 0 Å². The van der Waals surface area contributed by atoms with E-state index in [9.17, 15) is 4.79 Å². The highest BCUT2D eigenvalue weighted by molar-refractivity contribution is 5.76. The molecule has 1 aliphatic heterocycles. The van der Waals surface area contributed by atoms with Crippen molar-refractivity contribution < 1.29 is 4.79 Å². The summed E-state index contributed by atoms with van der Waals surface area (Å²) >= 11 is 0. The van der Waals surface area contributed by atoms with Gasteiger partial charge in [-0.3, -0.25) is 9.69 Å². The van der Waals surface area contributed by atoms with E-state index in [1.807, 2.05) is 18.2 Å². The molecular formula is C22H28N2O. The standard InChI is InChI=1S/C22H28N2O/c25-22(14-13-19-7-3-1-4-8-19)23-17-20-9-11-21(12-10-20)18-24-15-5-2-6-16-24/h1,3-4,7-12H,2,5-6,13-18H2,(H,23,25). The lowest BCUT2D eigenvalue weighted by molar-refractivity contribution is -0.121. The largest absolute Gasteiger partial charge is 0.352 e. The summed E-state index contributed by atoms with van der Waals surface area (Å²) in [5, 5.41) is 3.02. The second-order valence-corrected chi connectivity index (χ2v) is 6.92. The molecule has 0 bridgehead atoms. The normalized spacial score (nSPS) is 15.0. The second-order valence-electron chi connectivity index (χ2n) is 6.92. The molecule has 0 aliphatic carbocycles. The summed E-state index contributed by atoms with van der Waals surface area (Å²) in [5.74, 6) is 0.112. The summed E-state index contributed by atoms with van der Waals surface area (Å²) in [5.41, 5.74) is 3.73. The Morgan fingerprint density at radius 3 is 2.24 bits per heavy atom. The van der Waals surface area contributed by atoms with Crippen molar-refractivity contribution in [2.45, 2.75) is 45.2 Å². The molecule has 3 rings (SSSR count). The van der Waals surface area contributed by atoms with Crippen LogP contribution in [0, 0.1) is 0 Å². The molecule has 1 fully saturated rings. The van der Waals surface area contributed by atoms with Crippen molar-refractivity contribution >= 4 is 5.91 Å². The minimum Gasteiger partial charge on any atom is -0.352 e. The van der Waals surface area contributed by atoms with Crippen molar-refractivity contribution in [2.75, 3.05) is 13.1 Å². The topological polar surface area (TPSA) is 32.3 Å². The van der Waals surface area contributed by atoms with Crippen molar-refractivity contribution in [3.8, 4) is 0 Å². The number of amides is 1. The lowest BCUT2D eigenvalue weighted by Crippen LogP contribution is -2.29. The van der Waals surface area contributed by atoms with Crippen molar-refractivity contribution in [3.05, 3.63) is 71.3 Å². The highest BCUT2D eigenvalue weighted by Crippen LogP contribution is 2.13. The number of piperidine rings is 1. The number of nitrogens with one attached hydrogen (secondary N) is 1. The van der Waals surface area contributed by atoms with Gasteiger partial charge < -0.3 is 5.32 Å². The Hall–Kier alpha value is -2.13. The van der Waals surface area contributed by atoms with Crippen LogP contribution in [0.25, 0.3) is 0 Å². The molecule has 3 heteroatoms. The predicted octanol–water partition coefficient (Wildman–Crippen LogP) is 3.92. The number of hydrogen-bond donors (Lipinski definition) is 1. The zero-order chi connectivity index (χ0) is 17.3. The number of carbonyl (C=O) groups is 1. The first-order valence-corrected chi connectivity index (χ1v) is 9.40. The first kappa shape index (κ1) is 17.7. The van der Waals surface area contributed by atoms with Crippen molar-refractivity contribution in [2.24, 2.45) is 0 Å². The molecule has 0 unspecified atom stereocenters. The fourth-order valence-corrected chi connectivity index (χ4v) is 3.33. The lowest BCUT2D eigenvalue weighted by Gasteiger charge is -2.26. The second kappa shape index (κ2) is 9.38. The molecule has 2 aromatic rings. The monoisotopic (exact) mass is 336 g/mol. The van der Waals surface area contributed by atoms with Gasteiger partial charge in [-0.05, 0) is 49.0 Å². The number of hydrogen-bond acceptors (Lipinski definition) is 2. The molecule has 1 heterocycles. The van der Waals surface area contributed by atoms with E-state index in [-0.39, 0.29) is 5.91 Å². The molecule has 0 radical (unpaired) electrons. The van der Waals surface area contributed by atoms with Crippen molar-refractivity contribution in [1.82, 2.24) is 10.2 Å². The van der Waals surface area contributed by atoms with Crippen LogP contribution in [0.5, 0.6) is 0 Å². The van der Waals surface area contributed by atoms with Gasteiger partial charge in [0.2, 0.25) is 5.91 Å². The molecule has 0 saturated carbocycles. The predicted molar refractivity (Wildman–Crippen MR) is 102 cm³/mol. The van der Waals surface area contributed by atoms with E-state index >= 15 is 0 Å². The number of nitrogens with zero attached hydrogens (tertiary/aromatic N) is 1. The third-order valence-corrected chi connectivity index (χ3v) is 4.85. The van der Waals surface area contributed by atoms with E-state index in [0.29, 0.717) is 13.0 Å². The van der Waals surface area contributed by atoms with Crippen LogP contribution in [0.1, 0.15) is 42.4 Å². The molecule has 0 aromatic heterocycles. The Morgan fingerprint density at radius 2 is 1.52 bits per heavy atom. The van der Waals surface area contributed by atoms with Gasteiger partial charge in [0.15, 0.2) is 0 Å². The first-order valence-electron chi connectivity index (χ1n) is 9.40. The quantitative estimate of drug-likeness (QED) is 0.831. The van der Waals surface area contributed by atoms with Crippen LogP contribution in [-0.2, 0) is 24.3 Å². The summed E-state index contributed by atoms with van der Waals surface area (Å²) in [7, 11) is 0. The Morgan fingerprint density at radius 1 is 0.840 bits per heavy atom. The zero-order valence-corrected chi connectivity index (χ0v) is 14.9. The van der Waals surface area contributed by atoms with Crippen LogP contribution in [-0.4, -0.2) is 23.9 Å². The van der Waals surface area contributed by atoms with Gasteiger partial charge in [-0.25, -0.2) is 0 Å². The number of carbonyl (C=O) groups excluding carboxylic acids is 1. The Balaban J connectivity index is 1.39. The average molecular weight is 336 g/mol. The average Bonchev–Trinajstić information content (AvgIpc) is 2.67. The van der Waals surface area contributed by atoms with Gasteiger partial charge in [0.1, 0.15) is 0 Å². The molecule has 2 aromatic carbocycles. The summed E-state index contributed by atoms with van der Waals surface area (Å²) in [6.45, 7) is 4.10. The summed E-state index contributed by atoms with van der Waals surface area (Å²) < 4.78 is 0. The van der Waals surface area contributed by atoms with E-state index in [4.69, 9.17) is 0 Å². The van der Waals surface area contributed by atoms with E-state index in [0.717, 1.165) is 18.5 Å². The van der Waals surface area contributed by atoms with Gasteiger partial charge in [-0.15, -0.1) is 0 Å². The third-order valence-electron chi connectivity index (χ3n) is 4.85. The highest BCUT2D eigenvalue weighted by Gasteiger charge is 2.10. The molecule has 1 aliphatic rings. The van der Waals surface area contributed by atoms with Crippen LogP contribution in [0.3, 0.4) is 0 Å². The van der Waals surface area contributed by atoms with E-state index in [1.54, 1.807) is 0 Å². The molecule has 132 valence electrons. The Kier molecular flexibility index (Phi) is 6.63. The summed E-state index contributed by atoms with van der Waals surface area (Å²) in [6, 6.07) is 18.8. The van der Waals surface area contributed by atoms with Gasteiger partial charge in [0.25, 0.3) is 0 Å². The maximum atomic E-state index is 12.0. The molecule has 3 nitrogen and oxygen atoms in total. The number of likely N-dealkylation sites (tertiary alicyclic amines) is 1. The van der Waals surface area contributed by atoms with Crippen LogP contribution < -0.4 is 5.32 Å². The molecule has 25 heavy (non-hydrogen) atoms. The van der Waals surface area contributed by atoms with Gasteiger partial charge in [0, 0.05) is 19.5 Å². The lowest BCUT2D eigenvalue weighted by atomic mass is 10.1. The number of benzene rings is 2. The van der Waals surface area contributed by atoms with Crippen LogP contribution in [0.2, 0.25) is 0 Å². The minimum absolute atomic E-state index is 0.112. The van der Waals surface area contributed by atoms with E-state index in [1.165, 1.54) is 43.5 Å². The minimum atomic E-state index is 0.112. The maximum Gasteiger partial charge on any atom is 0.220 e. The number of aryl methyl sites for hydroxylation is 1. The van der Waals surface area contributed by atoms with Crippen LogP contribution in [0.15, 0.2) is 54.6 Å². The molecule has 0 spiro atoms. The molecule has 1 saturated heterocycles. The van der Waals surface area contributed by atoms with Crippen molar-refractivity contribution in [3.63, 3.8) is 0 Å². The maximum absolute atomic E-state index is 12.0. The summed E-state index contributed by atoms with van der Waals surface area (Å²) in [4.78, 5) is 14.5. The molecule has 1 N–H and O–H groups in total. The summed E-state index contributed by atoms with van der Waals surface area (Å²) in [6.07, 6.45) is 5.36. The third kappa shape index (κ3) is 6.02. The fourth-order valence-electron chi connectivity index (χ4n) is 3.33. The SMILES string of the molecule is O=C(CCc1ccccc1)NCc1ccc(CN2CCCCC2)cc1. The highest BCUT2D eigenvalue weighted by atomic mass is 16.1. The van der Waals surface area contributed by atoms with E-state index in [2.05, 4.69) is 46.6 Å². The van der Waals surface area contributed by atoms with Gasteiger partial charge >= 0.3 is 0 Å². The Labute approximate surface area is 151 Å². The van der Waals surface area contributed by atoms with Gasteiger partial charge in [-0.1, -0.05) is 61.0 Å². The van der Waals surface area contributed by atoms with Gasteiger partial charge in [0.05, 0.1) is 0 Å². The number of rotatable bonds is 7. The molecular weight excluding hydrogens is 308 g/mol. The zero-order valence-electron chi connectivity index (χ0n) is 14.9. The Bertz CT molecular complexity index is 645.